The number of rotatable bonds is 18. The second-order valence-corrected chi connectivity index (χ2v) is 20.3. The summed E-state index contributed by atoms with van der Waals surface area (Å²) in [6.45, 7) is 11.1. The standard InChI is InChI=1S/C17H19N3O3S.C13H18O2.C9H8O4.C8H15N7O2S3/c1-10-8-18-15(11(2)16(10)23-4)9-24(21)17-19-13-6-5-12(22-3)7-14(13)20-17;1-9(2)8-11-4-6-12(7-5-11)10(3)13(14)15;1-6(10)13-8-5-3-2-4-7(8)9(11)12;9-6(15-20(12,16)17)1-2-18-3-5-4-19-8(13-5)14-7(10)11/h5-8H,9H2,1-4H3,(H,19,20);4-7,9-10H,8H2,1-3H3,(H,14,15);2-5H,1H3,(H,11,12);4H,1-3H2,(H2,9,15)(H2,12,16,17)(H4,10,11,13,14). The Balaban J connectivity index is 0.000000261. The van der Waals surface area contributed by atoms with Crippen molar-refractivity contribution < 1.29 is 51.4 Å². The normalized spacial score (nSPS) is 11.9. The molecule has 0 radical (unpaired) electrons. The lowest BCUT2D eigenvalue weighted by molar-refractivity contribution is -0.138. The largest absolute Gasteiger partial charge is 0.497 e. The van der Waals surface area contributed by atoms with E-state index in [1.54, 1.807) is 39.5 Å². The molecule has 3 aromatic heterocycles. The summed E-state index contributed by atoms with van der Waals surface area (Å²) in [6, 6.07) is 19.3. The van der Waals surface area contributed by atoms with Crippen LogP contribution in [0.3, 0.4) is 0 Å². The molecule has 3 aromatic carbocycles. The van der Waals surface area contributed by atoms with Crippen LogP contribution >= 0.6 is 23.1 Å². The third kappa shape index (κ3) is 20.4. The molecule has 0 fully saturated rings. The maximum absolute atomic E-state index is 12.7. The first kappa shape index (κ1) is 59.4. The first-order valence-corrected chi connectivity index (χ1v) is 26.5. The monoisotopic (exact) mass is 1070 g/mol. The van der Waals surface area contributed by atoms with Gasteiger partial charge in [-0.25, -0.2) is 19.9 Å². The summed E-state index contributed by atoms with van der Waals surface area (Å²) in [5.74, 6) is 0.838. The number of imidazole rings is 1. The molecule has 3 heterocycles. The summed E-state index contributed by atoms with van der Waals surface area (Å²) < 4.78 is 52.4. The van der Waals surface area contributed by atoms with Crippen molar-refractivity contribution in [3.8, 4) is 17.2 Å². The van der Waals surface area contributed by atoms with Crippen LogP contribution in [0.25, 0.3) is 11.0 Å². The number of aromatic amines is 1. The number of amidine groups is 1. The first-order valence-electron chi connectivity index (χ1n) is 21.6. The van der Waals surface area contributed by atoms with Gasteiger partial charge in [-0.1, -0.05) is 50.2 Å². The van der Waals surface area contributed by atoms with Gasteiger partial charge in [0.25, 0.3) is 0 Å². The lowest BCUT2D eigenvalue weighted by atomic mass is 9.97. The molecule has 2 unspecified atom stereocenters. The Bertz CT molecular complexity index is 2970. The number of aliphatic carboxylic acids is 1. The van der Waals surface area contributed by atoms with Crippen LogP contribution in [0.1, 0.15) is 84.0 Å². The van der Waals surface area contributed by atoms with E-state index < -0.39 is 44.8 Å². The quantitative estimate of drug-likeness (QED) is 0.0158. The zero-order valence-corrected chi connectivity index (χ0v) is 44.2. The fourth-order valence-electron chi connectivity index (χ4n) is 6.14. The number of carboxylic acids is 2. The molecule has 25 heteroatoms. The molecule has 2 atom stereocenters. The maximum Gasteiger partial charge on any atom is 0.339 e. The number of fused-ring (bicyclic) bond motifs is 1. The van der Waals surface area contributed by atoms with Crippen LogP contribution in [0, 0.1) is 19.8 Å². The van der Waals surface area contributed by atoms with Gasteiger partial charge in [0, 0.05) is 53.6 Å². The number of thiazole rings is 1. The number of carboxylic acid groups (broad SMARTS) is 2. The maximum atomic E-state index is 12.7. The highest BCUT2D eigenvalue weighted by Crippen LogP contribution is 2.27. The number of aliphatic imine (C=N–C) groups is 1. The number of ether oxygens (including phenoxy) is 3. The predicted octanol–water partition coefficient (Wildman–Crippen LogP) is 6.52. The lowest BCUT2D eigenvalue weighted by Gasteiger charge is -2.11. The van der Waals surface area contributed by atoms with Crippen LogP contribution in [0.15, 0.2) is 92.9 Å². The molecule has 0 aliphatic rings. The third-order valence-electron chi connectivity index (χ3n) is 9.53. The Hall–Kier alpha value is -6.93. The van der Waals surface area contributed by atoms with E-state index in [2.05, 4.69) is 47.9 Å². The van der Waals surface area contributed by atoms with Crippen molar-refractivity contribution >= 4 is 90.0 Å². The van der Waals surface area contributed by atoms with Crippen molar-refractivity contribution in [2.24, 2.45) is 37.6 Å². The second-order valence-electron chi connectivity index (χ2n) is 15.8. The van der Waals surface area contributed by atoms with Crippen LogP contribution < -0.4 is 36.6 Å². The van der Waals surface area contributed by atoms with Crippen molar-refractivity contribution in [2.75, 3.05) is 20.0 Å². The summed E-state index contributed by atoms with van der Waals surface area (Å²) in [4.78, 5) is 51.9. The number of carbonyl (C=O) groups excluding carboxylic acids is 1. The summed E-state index contributed by atoms with van der Waals surface area (Å²) in [6.07, 6.45) is 3.11. The molecular formula is C47H60N10O11S4. The molecule has 388 valence electrons. The van der Waals surface area contributed by atoms with Crippen molar-refractivity contribution in [1.82, 2.24) is 19.9 Å². The molecule has 21 nitrogen and oxygen atoms in total. The van der Waals surface area contributed by atoms with E-state index in [9.17, 15) is 27.0 Å². The molecular weight excluding hydrogens is 1010 g/mol. The Morgan fingerprint density at radius 3 is 2.22 bits per heavy atom. The number of pyridine rings is 1. The number of hydrogen-bond donors (Lipinski definition) is 7. The summed E-state index contributed by atoms with van der Waals surface area (Å²) >= 11 is 2.86. The van der Waals surface area contributed by atoms with Crippen molar-refractivity contribution in [3.63, 3.8) is 0 Å². The predicted molar refractivity (Wildman–Crippen MR) is 282 cm³/mol. The molecule has 11 N–H and O–H groups in total. The molecule has 0 aliphatic heterocycles. The smallest absolute Gasteiger partial charge is 0.339 e. The number of benzene rings is 3. The number of aromatic carboxylic acids is 1. The number of hydrogen-bond acceptors (Lipinski definition) is 15. The van der Waals surface area contributed by atoms with Gasteiger partial charge in [-0.15, -0.1) is 15.7 Å². The number of carbonyl (C=O) groups is 3. The summed E-state index contributed by atoms with van der Waals surface area (Å²) in [5, 5.41) is 25.0. The molecule has 0 amide bonds. The highest BCUT2D eigenvalue weighted by molar-refractivity contribution is 7.98. The highest BCUT2D eigenvalue weighted by Gasteiger charge is 2.17. The minimum atomic E-state index is -3.92. The van der Waals surface area contributed by atoms with Gasteiger partial charge in [0.1, 0.15) is 28.6 Å². The zero-order valence-electron chi connectivity index (χ0n) is 40.9. The van der Waals surface area contributed by atoms with E-state index in [0.717, 1.165) is 57.0 Å². The number of para-hydroxylation sites is 1. The van der Waals surface area contributed by atoms with E-state index in [0.29, 0.717) is 34.1 Å². The van der Waals surface area contributed by atoms with Gasteiger partial charge in [0.2, 0.25) is 5.13 Å². The van der Waals surface area contributed by atoms with Crippen LogP contribution in [-0.2, 0) is 48.5 Å². The molecule has 0 aliphatic carbocycles. The molecule has 6 aromatic rings. The molecule has 0 saturated carbocycles. The van der Waals surface area contributed by atoms with Gasteiger partial charge in [-0.2, -0.15) is 25.2 Å². The van der Waals surface area contributed by atoms with Gasteiger partial charge in [-0.05, 0) is 68.5 Å². The number of thioether (sulfide) groups is 1. The third-order valence-corrected chi connectivity index (χ3v) is 13.0. The van der Waals surface area contributed by atoms with Gasteiger partial charge < -0.3 is 46.6 Å². The Morgan fingerprint density at radius 1 is 0.958 bits per heavy atom. The van der Waals surface area contributed by atoms with Crippen LogP contribution in [-0.4, -0.2) is 92.5 Å². The number of guanidine groups is 1. The number of aromatic nitrogens is 4. The van der Waals surface area contributed by atoms with E-state index >= 15 is 0 Å². The second kappa shape index (κ2) is 28.8. The average molecular weight is 1070 g/mol. The van der Waals surface area contributed by atoms with Crippen molar-refractivity contribution in [1.29, 1.82) is 0 Å². The minimum Gasteiger partial charge on any atom is -0.497 e. The van der Waals surface area contributed by atoms with Gasteiger partial charge in [0.05, 0.1) is 59.1 Å². The molecule has 6 rings (SSSR count). The minimum absolute atomic E-state index is 0.0144. The van der Waals surface area contributed by atoms with Crippen LogP contribution in [0.4, 0.5) is 5.13 Å². The van der Waals surface area contributed by atoms with Crippen LogP contribution in [0.5, 0.6) is 17.2 Å². The highest BCUT2D eigenvalue weighted by atomic mass is 32.2. The van der Waals surface area contributed by atoms with E-state index in [1.165, 1.54) is 47.7 Å². The number of nitrogens with one attached hydrogen (secondary N) is 1. The molecule has 0 bridgehead atoms. The first-order chi connectivity index (χ1) is 33.9. The summed E-state index contributed by atoms with van der Waals surface area (Å²) in [7, 11) is -2.01. The molecule has 72 heavy (non-hydrogen) atoms. The van der Waals surface area contributed by atoms with Gasteiger partial charge in [0.15, 0.2) is 11.1 Å². The Labute approximate surface area is 428 Å². The number of methoxy groups -OCH3 is 2. The Kier molecular flexibility index (Phi) is 23.8. The Morgan fingerprint density at radius 2 is 1.64 bits per heavy atom. The molecule has 0 spiro atoms. The van der Waals surface area contributed by atoms with Crippen molar-refractivity contribution in [3.05, 3.63) is 118 Å². The van der Waals surface area contributed by atoms with E-state index in [4.69, 9.17) is 42.0 Å². The number of H-pyrrole nitrogens is 1. The van der Waals surface area contributed by atoms with E-state index in [-0.39, 0.29) is 28.9 Å². The van der Waals surface area contributed by atoms with Gasteiger partial charge >= 0.3 is 28.1 Å². The van der Waals surface area contributed by atoms with Gasteiger partial charge in [-0.3, -0.25) is 18.8 Å². The topological polar surface area (TPSA) is 354 Å². The average Bonchev–Trinajstić information content (AvgIpc) is 3.95. The number of esters is 1. The summed E-state index contributed by atoms with van der Waals surface area (Å²) in [5.41, 5.74) is 23.0. The number of nitrogens with two attached hydrogens (primary N) is 4. The fourth-order valence-corrected chi connectivity index (χ4v) is 9.32. The fraction of sp³-hybridized carbons (Fsp3) is 0.319. The number of nitrogens with zero attached hydrogens (tertiary/aromatic N) is 5. The van der Waals surface area contributed by atoms with Crippen LogP contribution in [0.2, 0.25) is 0 Å². The SMILES string of the molecule is CC(=O)Oc1ccccc1C(=O)O.CC(C)Cc1ccc(C(C)C(=O)O)cc1.COc1ccc2nc(S(=O)Cc3ncc(C)c(OC)c3C)[nH]c2c1.NC(N)=Nc1nc(CSCC/C(N)=N/S(N)(=O)=O)cs1. The lowest BCUT2D eigenvalue weighted by Crippen LogP contribution is -2.21. The van der Waals surface area contributed by atoms with Crippen molar-refractivity contribution in [2.45, 2.75) is 77.0 Å². The molecule has 0 saturated heterocycles. The number of aryl methyl sites for hydroxylation is 1. The van der Waals surface area contributed by atoms with E-state index in [1.807, 2.05) is 61.7 Å². The zero-order chi connectivity index (χ0) is 53.7.